The van der Waals surface area contributed by atoms with E-state index in [2.05, 4.69) is 16.0 Å². The molecule has 1 aromatic rings. The molecule has 0 bridgehead atoms. The first-order valence-electron chi connectivity index (χ1n) is 12.2. The lowest BCUT2D eigenvalue weighted by Gasteiger charge is -2.35. The molecule has 0 aromatic heterocycles. The largest absolute Gasteiger partial charge is 0.497 e. The number of nitrogens with one attached hydrogen (secondary N) is 3. The summed E-state index contributed by atoms with van der Waals surface area (Å²) >= 11 is 0. The molecule has 192 valence electrons. The van der Waals surface area contributed by atoms with Crippen LogP contribution < -0.4 is 20.7 Å². The molecule has 0 spiro atoms. The van der Waals surface area contributed by atoms with Crippen LogP contribution in [0.1, 0.15) is 55.8 Å². The Bertz CT molecular complexity index is 932. The number of carboxylic acids is 1. The number of aliphatic carboxylic acids is 1. The Hall–Kier alpha value is -3.14. The number of carbonyl (C=O) groups is 4. The predicted octanol–water partition coefficient (Wildman–Crippen LogP) is 1.36. The summed E-state index contributed by atoms with van der Waals surface area (Å²) in [4.78, 5) is 52.2. The molecule has 2 fully saturated rings. The molecule has 2 atom stereocenters. The second-order valence-electron chi connectivity index (χ2n) is 9.52. The molecule has 0 aliphatic carbocycles. The second kappa shape index (κ2) is 12.0. The lowest BCUT2D eigenvalue weighted by molar-refractivity contribution is -0.149. The standard InChI is InChI=1S/C25H36N4O6/c1-25(24(33)34,27-22(31)18-5-3-7-20(15-18)35-2)28-23(32)19-6-4-14-29(16-19)21(30)9-8-17-10-12-26-13-11-17/h3,5,7,15,17,19,26H,4,6,8-14,16H2,1-2H3,(H,27,31)(H,28,32)(H,33,34)/t19?,25-/m0/s1. The molecule has 3 amide bonds. The molecule has 35 heavy (non-hydrogen) atoms. The third kappa shape index (κ3) is 7.17. The number of carbonyl (C=O) groups excluding carboxylic acids is 3. The van der Waals surface area contributed by atoms with Crippen LogP contribution in [0, 0.1) is 11.8 Å². The van der Waals surface area contributed by atoms with E-state index in [-0.39, 0.29) is 18.0 Å². The smallest absolute Gasteiger partial charge is 0.350 e. The highest BCUT2D eigenvalue weighted by Gasteiger charge is 2.39. The quantitative estimate of drug-likeness (QED) is 0.385. The monoisotopic (exact) mass is 488 g/mol. The maximum Gasteiger partial charge on any atom is 0.350 e. The van der Waals surface area contributed by atoms with Gasteiger partial charge in [0.05, 0.1) is 13.0 Å². The fourth-order valence-corrected chi connectivity index (χ4v) is 4.62. The number of carboxylic acid groups (broad SMARTS) is 1. The number of methoxy groups -OCH3 is 1. The van der Waals surface area contributed by atoms with E-state index in [9.17, 15) is 24.3 Å². The van der Waals surface area contributed by atoms with Crippen molar-refractivity contribution in [3.8, 4) is 5.75 Å². The van der Waals surface area contributed by atoms with E-state index in [1.807, 2.05) is 0 Å². The summed E-state index contributed by atoms with van der Waals surface area (Å²) in [6.45, 7) is 4.05. The molecular formula is C25H36N4O6. The van der Waals surface area contributed by atoms with Crippen molar-refractivity contribution in [1.82, 2.24) is 20.9 Å². The van der Waals surface area contributed by atoms with Crippen LogP contribution in [0.4, 0.5) is 0 Å². The van der Waals surface area contributed by atoms with Gasteiger partial charge in [0.2, 0.25) is 17.5 Å². The first-order chi connectivity index (χ1) is 16.7. The van der Waals surface area contributed by atoms with E-state index in [0.29, 0.717) is 37.5 Å². The van der Waals surface area contributed by atoms with E-state index < -0.39 is 29.4 Å². The Kier molecular flexibility index (Phi) is 9.08. The zero-order valence-corrected chi connectivity index (χ0v) is 20.5. The molecule has 3 rings (SSSR count). The normalized spacial score (nSPS) is 20.4. The van der Waals surface area contributed by atoms with E-state index in [0.717, 1.165) is 32.4 Å². The number of hydrogen-bond acceptors (Lipinski definition) is 6. The molecule has 0 saturated carbocycles. The first-order valence-corrected chi connectivity index (χ1v) is 12.2. The van der Waals surface area contributed by atoms with Crippen molar-refractivity contribution >= 4 is 23.7 Å². The lowest BCUT2D eigenvalue weighted by atomic mass is 9.92. The Morgan fingerprint density at radius 3 is 2.60 bits per heavy atom. The summed E-state index contributed by atoms with van der Waals surface area (Å²) in [5, 5.41) is 18.0. The van der Waals surface area contributed by atoms with Gasteiger partial charge in [0.15, 0.2) is 0 Å². The van der Waals surface area contributed by atoms with Gasteiger partial charge < -0.3 is 30.7 Å². The predicted molar refractivity (Wildman–Crippen MR) is 129 cm³/mol. The number of likely N-dealkylation sites (tertiary alicyclic amines) is 1. The first kappa shape index (κ1) is 26.5. The number of amides is 3. The molecular weight excluding hydrogens is 452 g/mol. The van der Waals surface area contributed by atoms with Crippen LogP contribution in [0.25, 0.3) is 0 Å². The molecule has 2 heterocycles. The van der Waals surface area contributed by atoms with Crippen LogP contribution in [0.3, 0.4) is 0 Å². The zero-order valence-electron chi connectivity index (χ0n) is 20.5. The van der Waals surface area contributed by atoms with Gasteiger partial charge in [0.25, 0.3) is 5.91 Å². The molecule has 2 aliphatic rings. The minimum Gasteiger partial charge on any atom is -0.497 e. The van der Waals surface area contributed by atoms with Gasteiger partial charge in [-0.1, -0.05) is 6.07 Å². The van der Waals surface area contributed by atoms with Gasteiger partial charge in [-0.25, -0.2) is 4.79 Å². The summed E-state index contributed by atoms with van der Waals surface area (Å²) < 4.78 is 5.11. The van der Waals surface area contributed by atoms with Gasteiger partial charge in [0, 0.05) is 25.1 Å². The zero-order chi connectivity index (χ0) is 25.4. The highest BCUT2D eigenvalue weighted by molar-refractivity contribution is 5.99. The Balaban J connectivity index is 1.58. The van der Waals surface area contributed by atoms with Crippen molar-refractivity contribution in [2.45, 2.75) is 51.1 Å². The third-order valence-electron chi connectivity index (χ3n) is 6.87. The number of nitrogens with zero attached hydrogens (tertiary/aromatic N) is 1. The molecule has 10 nitrogen and oxygen atoms in total. The van der Waals surface area contributed by atoms with Crippen LogP contribution in [-0.2, 0) is 14.4 Å². The maximum absolute atomic E-state index is 13.0. The van der Waals surface area contributed by atoms with Crippen molar-refractivity contribution in [3.63, 3.8) is 0 Å². The number of ether oxygens (including phenoxy) is 1. The van der Waals surface area contributed by atoms with Crippen LogP contribution in [-0.4, -0.2) is 72.6 Å². The van der Waals surface area contributed by atoms with Crippen molar-refractivity contribution in [3.05, 3.63) is 29.8 Å². The SMILES string of the molecule is COc1cccc(C(=O)N[C@@](C)(NC(=O)C2CCCN(C(=O)CCC3CCNCC3)C2)C(=O)O)c1. The highest BCUT2D eigenvalue weighted by Crippen LogP contribution is 2.22. The van der Waals surface area contributed by atoms with Gasteiger partial charge in [-0.05, 0) is 76.2 Å². The summed E-state index contributed by atoms with van der Waals surface area (Å²) in [5.41, 5.74) is -1.81. The maximum atomic E-state index is 13.0. The second-order valence-corrected chi connectivity index (χ2v) is 9.52. The van der Waals surface area contributed by atoms with Gasteiger partial charge in [-0.3, -0.25) is 14.4 Å². The third-order valence-corrected chi connectivity index (χ3v) is 6.87. The topological polar surface area (TPSA) is 137 Å². The fourth-order valence-electron chi connectivity index (χ4n) is 4.62. The molecule has 4 N–H and O–H groups in total. The summed E-state index contributed by atoms with van der Waals surface area (Å²) in [5.74, 6) is -2.07. The summed E-state index contributed by atoms with van der Waals surface area (Å²) in [7, 11) is 1.46. The minimum atomic E-state index is -2.02. The number of piperidine rings is 2. The van der Waals surface area contributed by atoms with Crippen molar-refractivity contribution in [1.29, 1.82) is 0 Å². The average Bonchev–Trinajstić information content (AvgIpc) is 2.87. The highest BCUT2D eigenvalue weighted by atomic mass is 16.5. The molecule has 0 radical (unpaired) electrons. The van der Waals surface area contributed by atoms with Crippen LogP contribution in [0.5, 0.6) is 5.75 Å². The Morgan fingerprint density at radius 2 is 1.91 bits per heavy atom. The molecule has 2 saturated heterocycles. The van der Waals surface area contributed by atoms with Gasteiger partial charge in [-0.2, -0.15) is 0 Å². The van der Waals surface area contributed by atoms with Crippen molar-refractivity contribution in [2.75, 3.05) is 33.3 Å². The number of hydrogen-bond donors (Lipinski definition) is 4. The van der Waals surface area contributed by atoms with Crippen molar-refractivity contribution in [2.24, 2.45) is 11.8 Å². The Labute approximate surface area is 205 Å². The van der Waals surface area contributed by atoms with Gasteiger partial charge >= 0.3 is 5.97 Å². The Morgan fingerprint density at radius 1 is 1.17 bits per heavy atom. The van der Waals surface area contributed by atoms with E-state index in [1.54, 1.807) is 17.0 Å². The van der Waals surface area contributed by atoms with E-state index in [1.165, 1.54) is 26.2 Å². The minimum absolute atomic E-state index is 0.0355. The molecule has 2 aliphatic heterocycles. The van der Waals surface area contributed by atoms with Crippen LogP contribution in [0.15, 0.2) is 24.3 Å². The van der Waals surface area contributed by atoms with Crippen molar-refractivity contribution < 1.29 is 29.0 Å². The molecule has 10 heteroatoms. The molecule has 1 aromatic carbocycles. The summed E-state index contributed by atoms with van der Waals surface area (Å²) in [6.07, 6.45) is 4.67. The molecule has 1 unspecified atom stereocenters. The van der Waals surface area contributed by atoms with Gasteiger partial charge in [0.1, 0.15) is 5.75 Å². The number of rotatable bonds is 9. The van der Waals surface area contributed by atoms with E-state index >= 15 is 0 Å². The summed E-state index contributed by atoms with van der Waals surface area (Å²) in [6, 6.07) is 6.28. The van der Waals surface area contributed by atoms with Crippen LogP contribution in [0.2, 0.25) is 0 Å². The fraction of sp³-hybridized carbons (Fsp3) is 0.600. The lowest BCUT2D eigenvalue weighted by Crippen LogP contribution is -2.65. The van der Waals surface area contributed by atoms with Gasteiger partial charge in [-0.15, -0.1) is 0 Å². The van der Waals surface area contributed by atoms with Crippen LogP contribution >= 0.6 is 0 Å². The average molecular weight is 489 g/mol. The van der Waals surface area contributed by atoms with E-state index in [4.69, 9.17) is 4.74 Å². The number of benzene rings is 1.